The molecule has 3 N–H and O–H groups in total. The standard InChI is InChI=1S/C18H25BrN4O4/c1-13-12-14(19)2-3-15(13)27-11-6-18(26)23-9-7-22(8-10-23)17(25)5-4-16(24)21-20/h2-3,12H,4-11,20H2,1H3,(H,21,24). The van der Waals surface area contributed by atoms with Crippen molar-refractivity contribution in [1.82, 2.24) is 15.2 Å². The number of nitrogens with two attached hydrogens (primary N) is 1. The van der Waals surface area contributed by atoms with Crippen LogP contribution < -0.4 is 16.0 Å². The first-order valence-electron chi connectivity index (χ1n) is 8.84. The van der Waals surface area contributed by atoms with E-state index in [0.29, 0.717) is 39.2 Å². The molecular formula is C18H25BrN4O4. The molecule has 1 aliphatic heterocycles. The number of halogens is 1. The summed E-state index contributed by atoms with van der Waals surface area (Å²) >= 11 is 3.41. The van der Waals surface area contributed by atoms with E-state index in [1.54, 1.807) is 9.80 Å². The van der Waals surface area contributed by atoms with Crippen molar-refractivity contribution in [3.8, 4) is 5.75 Å². The fourth-order valence-corrected chi connectivity index (χ4v) is 3.31. The number of rotatable bonds is 7. The molecule has 0 aliphatic carbocycles. The second kappa shape index (κ2) is 10.3. The van der Waals surface area contributed by atoms with E-state index >= 15 is 0 Å². The predicted molar refractivity (Wildman–Crippen MR) is 104 cm³/mol. The molecule has 1 aromatic carbocycles. The number of hydrogen-bond acceptors (Lipinski definition) is 5. The Kier molecular flexibility index (Phi) is 8.05. The fourth-order valence-electron chi connectivity index (χ4n) is 2.84. The van der Waals surface area contributed by atoms with Crippen LogP contribution in [0.3, 0.4) is 0 Å². The first-order chi connectivity index (χ1) is 12.9. The second-order valence-corrected chi connectivity index (χ2v) is 7.25. The summed E-state index contributed by atoms with van der Waals surface area (Å²) in [5.41, 5.74) is 3.01. The molecule has 0 saturated carbocycles. The summed E-state index contributed by atoms with van der Waals surface area (Å²) in [6.45, 7) is 4.20. The van der Waals surface area contributed by atoms with Crippen LogP contribution in [0.25, 0.3) is 0 Å². The summed E-state index contributed by atoms with van der Waals surface area (Å²) < 4.78 is 6.68. The molecule has 0 unspecified atom stereocenters. The molecular weight excluding hydrogens is 416 g/mol. The molecule has 1 saturated heterocycles. The van der Waals surface area contributed by atoms with Gasteiger partial charge in [-0.1, -0.05) is 15.9 Å². The maximum absolute atomic E-state index is 12.3. The number of carbonyl (C=O) groups excluding carboxylic acids is 3. The highest BCUT2D eigenvalue weighted by atomic mass is 79.9. The van der Waals surface area contributed by atoms with Crippen molar-refractivity contribution >= 4 is 33.7 Å². The highest BCUT2D eigenvalue weighted by molar-refractivity contribution is 9.10. The van der Waals surface area contributed by atoms with E-state index in [0.717, 1.165) is 15.8 Å². The van der Waals surface area contributed by atoms with Gasteiger partial charge in [0.25, 0.3) is 0 Å². The minimum absolute atomic E-state index is 0.0133. The Bertz CT molecular complexity index is 690. The smallest absolute Gasteiger partial charge is 0.234 e. The van der Waals surface area contributed by atoms with E-state index in [1.165, 1.54) is 0 Å². The first kappa shape index (κ1) is 21.2. The Morgan fingerprint density at radius 1 is 1.07 bits per heavy atom. The highest BCUT2D eigenvalue weighted by Crippen LogP contribution is 2.22. The van der Waals surface area contributed by atoms with Gasteiger partial charge >= 0.3 is 0 Å². The van der Waals surface area contributed by atoms with Gasteiger partial charge in [-0.3, -0.25) is 19.8 Å². The van der Waals surface area contributed by atoms with E-state index < -0.39 is 0 Å². The van der Waals surface area contributed by atoms with Crippen molar-refractivity contribution < 1.29 is 19.1 Å². The Hall–Kier alpha value is -2.13. The number of carbonyl (C=O) groups is 3. The first-order valence-corrected chi connectivity index (χ1v) is 9.64. The fraction of sp³-hybridized carbons (Fsp3) is 0.500. The van der Waals surface area contributed by atoms with Crippen molar-refractivity contribution in [2.45, 2.75) is 26.2 Å². The van der Waals surface area contributed by atoms with Gasteiger partial charge in [0.15, 0.2) is 0 Å². The van der Waals surface area contributed by atoms with Crippen molar-refractivity contribution in [2.75, 3.05) is 32.8 Å². The number of amides is 3. The van der Waals surface area contributed by atoms with E-state index in [-0.39, 0.29) is 30.6 Å². The van der Waals surface area contributed by atoms with E-state index in [4.69, 9.17) is 10.6 Å². The monoisotopic (exact) mass is 440 g/mol. The molecule has 1 aromatic rings. The van der Waals surface area contributed by atoms with Crippen LogP contribution in [-0.2, 0) is 14.4 Å². The molecule has 0 spiro atoms. The summed E-state index contributed by atoms with van der Waals surface area (Å²) in [6, 6.07) is 5.74. The third kappa shape index (κ3) is 6.51. The van der Waals surface area contributed by atoms with Crippen LogP contribution in [0.15, 0.2) is 22.7 Å². The lowest BCUT2D eigenvalue weighted by Gasteiger charge is -2.34. The lowest BCUT2D eigenvalue weighted by Crippen LogP contribution is -2.50. The lowest BCUT2D eigenvalue weighted by molar-refractivity contribution is -0.140. The molecule has 0 bridgehead atoms. The average Bonchev–Trinajstić information content (AvgIpc) is 2.67. The van der Waals surface area contributed by atoms with E-state index in [9.17, 15) is 14.4 Å². The number of benzene rings is 1. The number of ether oxygens (including phenoxy) is 1. The Balaban J connectivity index is 1.70. The lowest BCUT2D eigenvalue weighted by atomic mass is 10.2. The zero-order valence-corrected chi connectivity index (χ0v) is 17.0. The zero-order chi connectivity index (χ0) is 19.8. The molecule has 0 radical (unpaired) electrons. The maximum Gasteiger partial charge on any atom is 0.234 e. The minimum Gasteiger partial charge on any atom is -0.493 e. The summed E-state index contributed by atoms with van der Waals surface area (Å²) in [7, 11) is 0. The molecule has 1 aliphatic rings. The number of nitrogens with zero attached hydrogens (tertiary/aromatic N) is 2. The molecule has 2 rings (SSSR count). The Morgan fingerprint density at radius 2 is 1.67 bits per heavy atom. The summed E-state index contributed by atoms with van der Waals surface area (Å²) in [5, 5.41) is 0. The maximum atomic E-state index is 12.3. The van der Waals surface area contributed by atoms with Crippen LogP contribution in [0.1, 0.15) is 24.8 Å². The largest absolute Gasteiger partial charge is 0.493 e. The van der Waals surface area contributed by atoms with Crippen molar-refractivity contribution in [3.05, 3.63) is 28.2 Å². The van der Waals surface area contributed by atoms with Crippen LogP contribution in [0, 0.1) is 6.92 Å². The molecule has 9 heteroatoms. The van der Waals surface area contributed by atoms with Gasteiger partial charge in [0.2, 0.25) is 17.7 Å². The van der Waals surface area contributed by atoms with Crippen LogP contribution >= 0.6 is 15.9 Å². The number of hydrazine groups is 1. The van der Waals surface area contributed by atoms with Gasteiger partial charge in [-0.15, -0.1) is 0 Å². The predicted octanol–water partition coefficient (Wildman–Crippen LogP) is 0.967. The van der Waals surface area contributed by atoms with Crippen molar-refractivity contribution in [1.29, 1.82) is 0 Å². The molecule has 0 aromatic heterocycles. The molecule has 1 heterocycles. The van der Waals surface area contributed by atoms with Gasteiger partial charge < -0.3 is 14.5 Å². The van der Waals surface area contributed by atoms with Crippen molar-refractivity contribution in [3.63, 3.8) is 0 Å². The molecule has 1 fully saturated rings. The third-order valence-electron chi connectivity index (χ3n) is 4.42. The second-order valence-electron chi connectivity index (χ2n) is 6.34. The highest BCUT2D eigenvalue weighted by Gasteiger charge is 2.24. The number of nitrogens with one attached hydrogen (secondary N) is 1. The van der Waals surface area contributed by atoms with E-state index in [2.05, 4.69) is 15.9 Å². The zero-order valence-electron chi connectivity index (χ0n) is 15.4. The van der Waals surface area contributed by atoms with Gasteiger partial charge in [-0.2, -0.15) is 0 Å². The molecule has 148 valence electrons. The van der Waals surface area contributed by atoms with E-state index in [1.807, 2.05) is 30.5 Å². The normalized spacial score (nSPS) is 14.0. The summed E-state index contributed by atoms with van der Waals surface area (Å²) in [4.78, 5) is 38.9. The van der Waals surface area contributed by atoms with Gasteiger partial charge in [-0.25, -0.2) is 5.84 Å². The number of aryl methyl sites for hydroxylation is 1. The van der Waals surface area contributed by atoms with Crippen LogP contribution in [0.2, 0.25) is 0 Å². The molecule has 3 amide bonds. The van der Waals surface area contributed by atoms with Gasteiger partial charge in [0, 0.05) is 43.5 Å². The Labute approximate surface area is 167 Å². The quantitative estimate of drug-likeness (QED) is 0.373. The number of piperazine rings is 1. The molecule has 8 nitrogen and oxygen atoms in total. The van der Waals surface area contributed by atoms with Gasteiger partial charge in [0.05, 0.1) is 13.0 Å². The minimum atomic E-state index is -0.363. The van der Waals surface area contributed by atoms with Crippen LogP contribution in [0.4, 0.5) is 0 Å². The van der Waals surface area contributed by atoms with Crippen LogP contribution in [0.5, 0.6) is 5.75 Å². The SMILES string of the molecule is Cc1cc(Br)ccc1OCCC(=O)N1CCN(C(=O)CCC(=O)NN)CC1. The summed E-state index contributed by atoms with van der Waals surface area (Å²) in [5.74, 6) is 5.32. The van der Waals surface area contributed by atoms with Crippen molar-refractivity contribution in [2.24, 2.45) is 5.84 Å². The summed E-state index contributed by atoms with van der Waals surface area (Å²) in [6.07, 6.45) is 0.485. The van der Waals surface area contributed by atoms with Crippen LogP contribution in [-0.4, -0.2) is 60.3 Å². The van der Waals surface area contributed by atoms with Gasteiger partial charge in [0.1, 0.15) is 5.75 Å². The Morgan fingerprint density at radius 3 is 2.22 bits per heavy atom. The van der Waals surface area contributed by atoms with Gasteiger partial charge in [-0.05, 0) is 30.7 Å². The molecule has 0 atom stereocenters. The topological polar surface area (TPSA) is 105 Å². The number of hydrogen-bond donors (Lipinski definition) is 2. The molecule has 27 heavy (non-hydrogen) atoms. The average molecular weight is 441 g/mol. The third-order valence-corrected chi connectivity index (χ3v) is 4.92.